The van der Waals surface area contributed by atoms with Gasteiger partial charge in [-0.3, -0.25) is 20.2 Å². The van der Waals surface area contributed by atoms with Crippen molar-refractivity contribution in [1.29, 1.82) is 0 Å². The minimum absolute atomic E-state index is 0.0795. The zero-order valence-electron chi connectivity index (χ0n) is 11.9. The van der Waals surface area contributed by atoms with Crippen LogP contribution in [0.25, 0.3) is 0 Å². The summed E-state index contributed by atoms with van der Waals surface area (Å²) in [5.74, 6) is -1.48. The summed E-state index contributed by atoms with van der Waals surface area (Å²) in [7, 11) is 0. The van der Waals surface area contributed by atoms with E-state index in [-0.39, 0.29) is 11.6 Å². The van der Waals surface area contributed by atoms with E-state index < -0.39 is 22.3 Å². The van der Waals surface area contributed by atoms with E-state index in [1.807, 2.05) is 0 Å². The quantitative estimate of drug-likeness (QED) is 0.659. The van der Waals surface area contributed by atoms with Crippen LogP contribution in [0.1, 0.15) is 27.3 Å². The Bertz CT molecular complexity index is 792. The van der Waals surface area contributed by atoms with E-state index in [1.54, 1.807) is 0 Å². The fourth-order valence-electron chi connectivity index (χ4n) is 2.47. The van der Waals surface area contributed by atoms with Gasteiger partial charge in [0.05, 0.1) is 10.6 Å². The summed E-state index contributed by atoms with van der Waals surface area (Å²) < 4.78 is 13.3. The number of halogens is 1. The minimum atomic E-state index is -0.758. The Morgan fingerprint density at radius 3 is 3.04 bits per heavy atom. The molecule has 0 spiro atoms. The number of nitrogens with two attached hydrogens (primary N) is 1. The van der Waals surface area contributed by atoms with Crippen LogP contribution in [-0.2, 0) is 12.8 Å². The molecule has 7 nitrogen and oxygen atoms in total. The zero-order valence-corrected chi connectivity index (χ0v) is 12.7. The number of amides is 1. The molecule has 3 rings (SSSR count). The first-order valence-electron chi connectivity index (χ1n) is 6.93. The number of anilines is 1. The van der Waals surface area contributed by atoms with Crippen molar-refractivity contribution in [3.8, 4) is 0 Å². The maximum atomic E-state index is 13.3. The molecule has 0 fully saturated rings. The number of fused-ring (bicyclic) bond motifs is 1. The van der Waals surface area contributed by atoms with Crippen LogP contribution in [-0.4, -0.2) is 21.9 Å². The Labute approximate surface area is 134 Å². The smallest absolute Gasteiger partial charge is 0.282 e. The van der Waals surface area contributed by atoms with E-state index in [1.165, 1.54) is 11.3 Å². The van der Waals surface area contributed by atoms with Crippen LogP contribution in [0.2, 0.25) is 0 Å². The molecule has 1 aromatic carbocycles. The Hall–Kier alpha value is -2.39. The van der Waals surface area contributed by atoms with Crippen molar-refractivity contribution in [2.45, 2.75) is 25.3 Å². The lowest BCUT2D eigenvalue weighted by Crippen LogP contribution is -2.27. The largest absolute Gasteiger partial charge is 0.327 e. The molecule has 0 saturated heterocycles. The number of hydrogen-bond donors (Lipinski definition) is 2. The second kappa shape index (κ2) is 6.01. The zero-order chi connectivity index (χ0) is 16.6. The van der Waals surface area contributed by atoms with Gasteiger partial charge in [0.25, 0.3) is 11.6 Å². The third-order valence-electron chi connectivity index (χ3n) is 3.60. The van der Waals surface area contributed by atoms with E-state index >= 15 is 0 Å². The molecule has 1 atom stereocenters. The fraction of sp³-hybridized carbons (Fsp3) is 0.286. The summed E-state index contributed by atoms with van der Waals surface area (Å²) in [6.07, 6.45) is 2.27. The molecule has 9 heteroatoms. The number of nitrogens with zero attached hydrogens (tertiary/aromatic N) is 2. The van der Waals surface area contributed by atoms with Gasteiger partial charge in [-0.25, -0.2) is 9.37 Å². The summed E-state index contributed by atoms with van der Waals surface area (Å²) >= 11 is 1.29. The number of benzene rings is 1. The monoisotopic (exact) mass is 336 g/mol. The van der Waals surface area contributed by atoms with Gasteiger partial charge in [-0.1, -0.05) is 0 Å². The second-order valence-corrected chi connectivity index (χ2v) is 6.35. The van der Waals surface area contributed by atoms with Crippen molar-refractivity contribution in [2.75, 3.05) is 5.32 Å². The molecule has 3 N–H and O–H groups in total. The predicted octanol–water partition coefficient (Wildman–Crippen LogP) is 2.26. The van der Waals surface area contributed by atoms with Crippen molar-refractivity contribution in [1.82, 2.24) is 4.98 Å². The van der Waals surface area contributed by atoms with Crippen LogP contribution in [0.4, 0.5) is 15.2 Å². The molecule has 1 heterocycles. The van der Waals surface area contributed by atoms with Crippen LogP contribution in [0.15, 0.2) is 18.2 Å². The van der Waals surface area contributed by atoms with Crippen molar-refractivity contribution in [3.05, 3.63) is 50.3 Å². The normalized spacial score (nSPS) is 16.7. The number of carbonyl (C=O) groups is 1. The SMILES string of the molecule is N[C@H]1CCc2nc(NC(=O)c3cc(F)ccc3[N+](=O)[O-])sc2C1. The fourth-order valence-corrected chi connectivity index (χ4v) is 3.56. The first kappa shape index (κ1) is 15.5. The van der Waals surface area contributed by atoms with Crippen LogP contribution >= 0.6 is 11.3 Å². The highest BCUT2D eigenvalue weighted by atomic mass is 32.1. The number of carbonyl (C=O) groups excluding carboxylic acids is 1. The number of nitro groups is 1. The van der Waals surface area contributed by atoms with Gasteiger partial charge in [0.2, 0.25) is 0 Å². The molecule has 2 aromatic rings. The highest BCUT2D eigenvalue weighted by molar-refractivity contribution is 7.15. The number of thiazole rings is 1. The molecule has 23 heavy (non-hydrogen) atoms. The van der Waals surface area contributed by atoms with Crippen molar-refractivity contribution in [3.63, 3.8) is 0 Å². The van der Waals surface area contributed by atoms with Gasteiger partial charge in [0.1, 0.15) is 11.4 Å². The van der Waals surface area contributed by atoms with Gasteiger partial charge in [0, 0.05) is 17.0 Å². The molecular weight excluding hydrogens is 323 g/mol. The molecule has 0 unspecified atom stereocenters. The summed E-state index contributed by atoms with van der Waals surface area (Å²) in [5, 5.41) is 13.8. The third kappa shape index (κ3) is 3.20. The minimum Gasteiger partial charge on any atom is -0.327 e. The molecule has 0 radical (unpaired) electrons. The van der Waals surface area contributed by atoms with E-state index in [9.17, 15) is 19.3 Å². The molecule has 1 aliphatic carbocycles. The first-order valence-corrected chi connectivity index (χ1v) is 7.75. The molecular formula is C14H13FN4O3S. The third-order valence-corrected chi connectivity index (χ3v) is 4.63. The first-order chi connectivity index (χ1) is 10.9. The van der Waals surface area contributed by atoms with Crippen LogP contribution < -0.4 is 11.1 Å². The predicted molar refractivity (Wildman–Crippen MR) is 83.1 cm³/mol. The Morgan fingerprint density at radius 2 is 2.30 bits per heavy atom. The summed E-state index contributed by atoms with van der Waals surface area (Å²) in [6.45, 7) is 0. The number of nitrogens with one attached hydrogen (secondary N) is 1. The number of nitro benzene ring substituents is 1. The Kier molecular flexibility index (Phi) is 4.05. The topological polar surface area (TPSA) is 111 Å². The average molecular weight is 336 g/mol. The number of hydrogen-bond acceptors (Lipinski definition) is 6. The van der Waals surface area contributed by atoms with Crippen molar-refractivity contribution >= 4 is 28.1 Å². The van der Waals surface area contributed by atoms with E-state index in [0.717, 1.165) is 41.6 Å². The van der Waals surface area contributed by atoms with Crippen LogP contribution in [0, 0.1) is 15.9 Å². The van der Waals surface area contributed by atoms with Gasteiger partial charge >= 0.3 is 0 Å². The van der Waals surface area contributed by atoms with Gasteiger partial charge in [-0.05, 0) is 31.4 Å². The lowest BCUT2D eigenvalue weighted by molar-refractivity contribution is -0.385. The van der Waals surface area contributed by atoms with Crippen molar-refractivity contribution in [2.24, 2.45) is 5.73 Å². The van der Waals surface area contributed by atoms with E-state index in [2.05, 4.69) is 10.3 Å². The van der Waals surface area contributed by atoms with Crippen LogP contribution in [0.3, 0.4) is 0 Å². The molecule has 0 aliphatic heterocycles. The average Bonchev–Trinajstić information content (AvgIpc) is 2.88. The Morgan fingerprint density at radius 1 is 1.52 bits per heavy atom. The molecule has 1 aromatic heterocycles. The van der Waals surface area contributed by atoms with E-state index in [0.29, 0.717) is 11.6 Å². The van der Waals surface area contributed by atoms with Gasteiger partial charge in [-0.15, -0.1) is 11.3 Å². The van der Waals surface area contributed by atoms with Crippen molar-refractivity contribution < 1.29 is 14.1 Å². The molecule has 0 bridgehead atoms. The van der Waals surface area contributed by atoms with Gasteiger partial charge in [0.15, 0.2) is 5.13 Å². The second-order valence-electron chi connectivity index (χ2n) is 5.26. The Balaban J connectivity index is 1.85. The molecule has 1 amide bonds. The lowest BCUT2D eigenvalue weighted by atomic mass is 9.99. The van der Waals surface area contributed by atoms with Crippen LogP contribution in [0.5, 0.6) is 0 Å². The maximum absolute atomic E-state index is 13.3. The van der Waals surface area contributed by atoms with E-state index in [4.69, 9.17) is 5.73 Å². The van der Waals surface area contributed by atoms with Gasteiger partial charge in [-0.2, -0.15) is 0 Å². The summed E-state index contributed by atoms with van der Waals surface area (Å²) in [4.78, 5) is 27.8. The molecule has 120 valence electrons. The summed E-state index contributed by atoms with van der Waals surface area (Å²) in [6, 6.07) is 2.83. The highest BCUT2D eigenvalue weighted by Gasteiger charge is 2.24. The molecule has 1 aliphatic rings. The standard InChI is InChI=1S/C14H13FN4O3S/c15-7-1-4-11(19(21)22)9(5-7)13(20)18-14-17-10-3-2-8(16)6-12(10)23-14/h1,4-5,8H,2-3,6,16H2,(H,17,18,20)/t8-/m0/s1. The highest BCUT2D eigenvalue weighted by Crippen LogP contribution is 2.30. The number of aromatic nitrogens is 1. The molecule has 0 saturated carbocycles. The van der Waals surface area contributed by atoms with Gasteiger partial charge < -0.3 is 5.73 Å². The maximum Gasteiger partial charge on any atom is 0.282 e. The number of aryl methyl sites for hydroxylation is 1. The number of rotatable bonds is 3. The lowest BCUT2D eigenvalue weighted by Gasteiger charge is -2.15. The summed E-state index contributed by atoms with van der Waals surface area (Å²) in [5.41, 5.74) is 6.00.